The van der Waals surface area contributed by atoms with Gasteiger partial charge in [-0.1, -0.05) is 6.07 Å². The number of aliphatic carboxylic acids is 1. The molecule has 0 aliphatic carbocycles. The van der Waals surface area contributed by atoms with Gasteiger partial charge >= 0.3 is 5.97 Å². The van der Waals surface area contributed by atoms with Gasteiger partial charge in [0.15, 0.2) is 11.5 Å². The van der Waals surface area contributed by atoms with Crippen LogP contribution >= 0.6 is 0 Å². The zero-order valence-corrected chi connectivity index (χ0v) is 13.9. The van der Waals surface area contributed by atoms with E-state index in [9.17, 15) is 9.59 Å². The number of amides is 1. The van der Waals surface area contributed by atoms with Crippen LogP contribution in [0.1, 0.15) is 15.9 Å². The lowest BCUT2D eigenvalue weighted by Gasteiger charge is -2.17. The van der Waals surface area contributed by atoms with Crippen LogP contribution in [0, 0.1) is 0 Å². The van der Waals surface area contributed by atoms with Crippen molar-refractivity contribution in [2.75, 3.05) is 31.0 Å². The monoisotopic (exact) mass is 342 g/mol. The fraction of sp³-hybridized carbons (Fsp3) is 0.222. The molecule has 0 aromatic heterocycles. The molecule has 7 nitrogen and oxygen atoms in total. The Morgan fingerprint density at radius 2 is 1.92 bits per heavy atom. The normalized spacial score (nSPS) is 12.7. The van der Waals surface area contributed by atoms with E-state index >= 15 is 0 Å². The van der Waals surface area contributed by atoms with Gasteiger partial charge in [0.1, 0.15) is 6.54 Å². The summed E-state index contributed by atoms with van der Waals surface area (Å²) >= 11 is 0. The molecule has 0 saturated heterocycles. The summed E-state index contributed by atoms with van der Waals surface area (Å²) < 4.78 is 10.5. The number of methoxy groups -OCH3 is 2. The minimum absolute atomic E-state index is 0.138. The van der Waals surface area contributed by atoms with E-state index in [1.165, 1.54) is 0 Å². The topological polar surface area (TPSA) is 88.1 Å². The molecule has 0 unspecified atom stereocenters. The third-order valence-corrected chi connectivity index (χ3v) is 4.04. The highest BCUT2D eigenvalue weighted by Crippen LogP contribution is 2.35. The van der Waals surface area contributed by atoms with Crippen molar-refractivity contribution in [2.45, 2.75) is 6.54 Å². The van der Waals surface area contributed by atoms with Crippen molar-refractivity contribution in [3.8, 4) is 11.5 Å². The van der Waals surface area contributed by atoms with Gasteiger partial charge in [-0.2, -0.15) is 0 Å². The number of carboxylic acids is 1. The molecule has 25 heavy (non-hydrogen) atoms. The number of hydrogen-bond acceptors (Lipinski definition) is 5. The van der Waals surface area contributed by atoms with E-state index in [2.05, 4.69) is 5.32 Å². The van der Waals surface area contributed by atoms with Gasteiger partial charge in [-0.05, 0) is 29.8 Å². The van der Waals surface area contributed by atoms with Gasteiger partial charge < -0.3 is 24.8 Å². The van der Waals surface area contributed by atoms with Crippen LogP contribution in [0.15, 0.2) is 36.4 Å². The molecule has 7 heteroatoms. The molecule has 0 saturated carbocycles. The molecule has 0 spiro atoms. The molecular formula is C18H18N2O5. The predicted octanol–water partition coefficient (Wildman–Crippen LogP) is 2.36. The first kappa shape index (κ1) is 16.6. The Hall–Kier alpha value is -3.22. The highest BCUT2D eigenvalue weighted by atomic mass is 16.5. The van der Waals surface area contributed by atoms with E-state index in [1.54, 1.807) is 49.5 Å². The SMILES string of the molecule is COc1ccc(N2Cc3ccc(NCC(=O)O)cc3C2=O)cc1OC. The van der Waals surface area contributed by atoms with Gasteiger partial charge in [-0.15, -0.1) is 0 Å². The number of hydrogen-bond donors (Lipinski definition) is 2. The summed E-state index contributed by atoms with van der Waals surface area (Å²) in [5.41, 5.74) is 2.76. The second kappa shape index (κ2) is 6.72. The summed E-state index contributed by atoms with van der Waals surface area (Å²) in [5, 5.41) is 11.5. The fourth-order valence-electron chi connectivity index (χ4n) is 2.79. The van der Waals surface area contributed by atoms with Gasteiger partial charge in [-0.25, -0.2) is 0 Å². The first-order chi connectivity index (χ1) is 12.0. The average molecular weight is 342 g/mol. The Labute approximate surface area is 144 Å². The van der Waals surface area contributed by atoms with E-state index in [1.807, 2.05) is 6.07 Å². The molecule has 2 aromatic rings. The summed E-state index contributed by atoms with van der Waals surface area (Å²) in [6.45, 7) is 0.245. The second-order valence-electron chi connectivity index (χ2n) is 5.55. The minimum Gasteiger partial charge on any atom is -0.493 e. The molecule has 0 bridgehead atoms. The largest absolute Gasteiger partial charge is 0.493 e. The molecule has 3 rings (SSSR count). The number of carbonyl (C=O) groups is 2. The molecular weight excluding hydrogens is 324 g/mol. The third kappa shape index (κ3) is 3.21. The third-order valence-electron chi connectivity index (χ3n) is 4.04. The minimum atomic E-state index is -0.959. The smallest absolute Gasteiger partial charge is 0.322 e. The van der Waals surface area contributed by atoms with Gasteiger partial charge in [-0.3, -0.25) is 9.59 Å². The highest BCUT2D eigenvalue weighted by molar-refractivity contribution is 6.10. The number of ether oxygens (including phenoxy) is 2. The van der Waals surface area contributed by atoms with Crippen LogP contribution in [0.25, 0.3) is 0 Å². The van der Waals surface area contributed by atoms with Gasteiger partial charge in [0.05, 0.1) is 20.8 Å². The van der Waals surface area contributed by atoms with Crippen LogP contribution in [0.4, 0.5) is 11.4 Å². The summed E-state index contributed by atoms with van der Waals surface area (Å²) in [7, 11) is 3.10. The van der Waals surface area contributed by atoms with Crippen LogP contribution in [0.2, 0.25) is 0 Å². The van der Waals surface area contributed by atoms with Crippen LogP contribution in [-0.2, 0) is 11.3 Å². The van der Waals surface area contributed by atoms with E-state index in [4.69, 9.17) is 14.6 Å². The maximum absolute atomic E-state index is 12.8. The molecule has 2 aromatic carbocycles. The number of benzene rings is 2. The van der Waals surface area contributed by atoms with Crippen molar-refractivity contribution in [1.82, 2.24) is 0 Å². The number of rotatable bonds is 6. The quantitative estimate of drug-likeness (QED) is 0.838. The molecule has 0 radical (unpaired) electrons. The number of carbonyl (C=O) groups excluding carboxylic acids is 1. The van der Waals surface area contributed by atoms with Gasteiger partial charge in [0.25, 0.3) is 5.91 Å². The van der Waals surface area contributed by atoms with E-state index in [0.717, 1.165) is 5.56 Å². The lowest BCUT2D eigenvalue weighted by atomic mass is 10.1. The number of nitrogens with one attached hydrogen (secondary N) is 1. The van der Waals surface area contributed by atoms with Crippen LogP contribution < -0.4 is 19.7 Å². The molecule has 2 N–H and O–H groups in total. The van der Waals surface area contributed by atoms with Crippen LogP contribution in [-0.4, -0.2) is 37.7 Å². The second-order valence-corrected chi connectivity index (χ2v) is 5.55. The number of carboxylic acid groups (broad SMARTS) is 1. The summed E-state index contributed by atoms with van der Waals surface area (Å²) in [4.78, 5) is 25.1. The standard InChI is InChI=1S/C18H18N2O5/c1-24-15-6-5-13(8-16(15)25-2)20-10-11-3-4-12(19-9-17(21)22)7-14(11)18(20)23/h3-8,19H,9-10H2,1-2H3,(H,21,22). The van der Waals surface area contributed by atoms with Crippen molar-refractivity contribution >= 4 is 23.3 Å². The molecule has 1 aliphatic heterocycles. The summed E-state index contributed by atoms with van der Waals surface area (Å²) in [5.74, 6) is 0.0445. The van der Waals surface area contributed by atoms with E-state index < -0.39 is 5.97 Å². The summed E-state index contributed by atoms with van der Waals surface area (Å²) in [6, 6.07) is 10.6. The van der Waals surface area contributed by atoms with Crippen molar-refractivity contribution in [3.05, 3.63) is 47.5 Å². The van der Waals surface area contributed by atoms with Crippen molar-refractivity contribution in [2.24, 2.45) is 0 Å². The molecule has 1 heterocycles. The Morgan fingerprint density at radius 3 is 2.60 bits per heavy atom. The number of anilines is 2. The zero-order chi connectivity index (χ0) is 18.0. The molecule has 0 atom stereocenters. The molecule has 130 valence electrons. The number of nitrogens with zero attached hydrogens (tertiary/aromatic N) is 1. The van der Waals surface area contributed by atoms with Crippen LogP contribution in [0.5, 0.6) is 11.5 Å². The number of fused-ring (bicyclic) bond motifs is 1. The lowest BCUT2D eigenvalue weighted by molar-refractivity contribution is -0.134. The van der Waals surface area contributed by atoms with E-state index in [-0.39, 0.29) is 12.5 Å². The Kier molecular flexibility index (Phi) is 4.47. The average Bonchev–Trinajstić information content (AvgIpc) is 2.95. The van der Waals surface area contributed by atoms with Crippen LogP contribution in [0.3, 0.4) is 0 Å². The highest BCUT2D eigenvalue weighted by Gasteiger charge is 2.29. The summed E-state index contributed by atoms with van der Waals surface area (Å²) in [6.07, 6.45) is 0. The van der Waals surface area contributed by atoms with Gasteiger partial charge in [0, 0.05) is 23.0 Å². The lowest BCUT2D eigenvalue weighted by Crippen LogP contribution is -2.23. The Balaban J connectivity index is 1.86. The van der Waals surface area contributed by atoms with E-state index in [0.29, 0.717) is 35.0 Å². The fourth-order valence-corrected chi connectivity index (χ4v) is 2.79. The maximum atomic E-state index is 12.8. The van der Waals surface area contributed by atoms with Crippen molar-refractivity contribution in [3.63, 3.8) is 0 Å². The predicted molar refractivity (Wildman–Crippen MR) is 92.6 cm³/mol. The van der Waals surface area contributed by atoms with Gasteiger partial charge in [0.2, 0.25) is 0 Å². The Bertz CT molecular complexity index is 834. The zero-order valence-electron chi connectivity index (χ0n) is 13.9. The van der Waals surface area contributed by atoms with Crippen molar-refractivity contribution < 1.29 is 24.2 Å². The first-order valence-corrected chi connectivity index (χ1v) is 7.66. The molecule has 0 fully saturated rings. The first-order valence-electron chi connectivity index (χ1n) is 7.66. The molecule has 1 amide bonds. The maximum Gasteiger partial charge on any atom is 0.322 e. The van der Waals surface area contributed by atoms with Crippen molar-refractivity contribution in [1.29, 1.82) is 0 Å². The Morgan fingerprint density at radius 1 is 1.16 bits per heavy atom. The molecule has 1 aliphatic rings.